The predicted octanol–water partition coefficient (Wildman–Crippen LogP) is 3.57. The Balaban J connectivity index is 2.33. The average molecular weight is 366 g/mol. The highest BCUT2D eigenvalue weighted by Crippen LogP contribution is 2.32. The Morgan fingerprint density at radius 3 is 2.48 bits per heavy atom. The lowest BCUT2D eigenvalue weighted by molar-refractivity contribution is 0.0691. The quantitative estimate of drug-likeness (QED) is 0.764. The van der Waals surface area contributed by atoms with Crippen molar-refractivity contribution in [2.24, 2.45) is 0 Å². The van der Waals surface area contributed by atoms with Gasteiger partial charge in [0, 0.05) is 16.7 Å². The molecule has 1 heterocycles. The minimum absolute atomic E-state index is 0.0399. The van der Waals surface area contributed by atoms with E-state index in [0.717, 1.165) is 16.8 Å². The summed E-state index contributed by atoms with van der Waals surface area (Å²) in [5.41, 5.74) is -0.338. The normalized spacial score (nSPS) is 10.7. The maximum atomic E-state index is 13.6. The van der Waals surface area contributed by atoms with Crippen molar-refractivity contribution in [2.75, 3.05) is 7.11 Å². The second-order valence-corrected chi connectivity index (χ2v) is 5.41. The molecule has 0 aliphatic carbocycles. The van der Waals surface area contributed by atoms with Crippen molar-refractivity contribution in [1.29, 1.82) is 0 Å². The van der Waals surface area contributed by atoms with E-state index in [9.17, 15) is 18.7 Å². The SMILES string of the molecule is COc1ccc(Cl)cc1-n1nnc(C(=O)O)c1-c1cc(F)cc(F)c1. The fourth-order valence-corrected chi connectivity index (χ4v) is 2.54. The van der Waals surface area contributed by atoms with Crippen LogP contribution in [0.4, 0.5) is 8.78 Å². The largest absolute Gasteiger partial charge is 0.494 e. The van der Waals surface area contributed by atoms with Gasteiger partial charge in [0.2, 0.25) is 0 Å². The van der Waals surface area contributed by atoms with E-state index in [1.165, 1.54) is 13.2 Å². The lowest BCUT2D eigenvalue weighted by Crippen LogP contribution is -2.05. The molecule has 2 aromatic carbocycles. The number of ether oxygens (including phenoxy) is 1. The number of carboxylic acids is 1. The van der Waals surface area contributed by atoms with Crippen molar-refractivity contribution in [1.82, 2.24) is 15.0 Å². The van der Waals surface area contributed by atoms with Gasteiger partial charge in [-0.3, -0.25) is 0 Å². The standard InChI is InChI=1S/C16H10ClF2N3O3/c1-25-13-3-2-9(17)6-12(13)22-15(14(16(23)24)20-21-22)8-4-10(18)7-11(19)5-8/h2-7H,1H3,(H,23,24). The summed E-state index contributed by atoms with van der Waals surface area (Å²) < 4.78 is 33.6. The first-order valence-corrected chi connectivity index (χ1v) is 7.28. The van der Waals surface area contributed by atoms with Crippen LogP contribution in [0.15, 0.2) is 36.4 Å². The monoisotopic (exact) mass is 365 g/mol. The first-order valence-electron chi connectivity index (χ1n) is 6.90. The van der Waals surface area contributed by atoms with Gasteiger partial charge in [-0.15, -0.1) is 5.10 Å². The second-order valence-electron chi connectivity index (χ2n) is 4.98. The maximum absolute atomic E-state index is 13.6. The first-order chi connectivity index (χ1) is 11.9. The van der Waals surface area contributed by atoms with Gasteiger partial charge >= 0.3 is 5.97 Å². The van der Waals surface area contributed by atoms with Crippen LogP contribution in [0.2, 0.25) is 5.02 Å². The van der Waals surface area contributed by atoms with E-state index >= 15 is 0 Å². The summed E-state index contributed by atoms with van der Waals surface area (Å²) in [6, 6.07) is 7.25. The fraction of sp³-hybridized carbons (Fsp3) is 0.0625. The lowest BCUT2D eigenvalue weighted by atomic mass is 10.1. The minimum atomic E-state index is -1.40. The maximum Gasteiger partial charge on any atom is 0.358 e. The molecule has 0 saturated heterocycles. The summed E-state index contributed by atoms with van der Waals surface area (Å²) in [5.74, 6) is -2.80. The number of hydrogen-bond donors (Lipinski definition) is 1. The van der Waals surface area contributed by atoms with E-state index in [1.807, 2.05) is 0 Å². The van der Waals surface area contributed by atoms with Crippen molar-refractivity contribution in [3.63, 3.8) is 0 Å². The highest BCUT2D eigenvalue weighted by molar-refractivity contribution is 6.30. The molecular weight excluding hydrogens is 356 g/mol. The van der Waals surface area contributed by atoms with Crippen LogP contribution in [-0.4, -0.2) is 33.2 Å². The van der Waals surface area contributed by atoms with Gasteiger partial charge < -0.3 is 9.84 Å². The van der Waals surface area contributed by atoms with Crippen LogP contribution >= 0.6 is 11.6 Å². The van der Waals surface area contributed by atoms with E-state index in [0.29, 0.717) is 16.8 Å². The Morgan fingerprint density at radius 1 is 1.20 bits per heavy atom. The summed E-state index contributed by atoms with van der Waals surface area (Å²) in [4.78, 5) is 11.5. The Kier molecular flexibility index (Phi) is 4.37. The number of aromatic carboxylic acids is 1. The van der Waals surface area contributed by atoms with Gasteiger partial charge in [0.05, 0.1) is 7.11 Å². The summed E-state index contributed by atoms with van der Waals surface area (Å²) in [7, 11) is 1.41. The number of methoxy groups -OCH3 is 1. The molecular formula is C16H10ClF2N3O3. The molecule has 0 unspecified atom stereocenters. The van der Waals surface area contributed by atoms with Crippen LogP contribution in [0.5, 0.6) is 5.75 Å². The van der Waals surface area contributed by atoms with Gasteiger partial charge in [0.25, 0.3) is 0 Å². The number of rotatable bonds is 4. The second kappa shape index (κ2) is 6.48. The van der Waals surface area contributed by atoms with Crippen molar-refractivity contribution in [3.05, 3.63) is 58.7 Å². The Bertz CT molecular complexity index is 955. The van der Waals surface area contributed by atoms with E-state index < -0.39 is 23.3 Å². The molecule has 0 bridgehead atoms. The number of hydrogen-bond acceptors (Lipinski definition) is 4. The number of carboxylic acid groups (broad SMARTS) is 1. The van der Waals surface area contributed by atoms with Crippen molar-refractivity contribution >= 4 is 17.6 Å². The summed E-state index contributed by atoms with van der Waals surface area (Å²) in [6.07, 6.45) is 0. The molecule has 1 aromatic heterocycles. The van der Waals surface area contributed by atoms with E-state index in [1.54, 1.807) is 12.1 Å². The third-order valence-corrected chi connectivity index (χ3v) is 3.61. The summed E-state index contributed by atoms with van der Waals surface area (Å²) in [5, 5.41) is 17.1. The van der Waals surface area contributed by atoms with Gasteiger partial charge in [0.15, 0.2) is 5.69 Å². The molecule has 0 spiro atoms. The number of benzene rings is 2. The van der Waals surface area contributed by atoms with Crippen LogP contribution in [0.1, 0.15) is 10.5 Å². The summed E-state index contributed by atoms with van der Waals surface area (Å²) >= 11 is 5.99. The number of aromatic nitrogens is 3. The lowest BCUT2D eigenvalue weighted by Gasteiger charge is -2.12. The van der Waals surface area contributed by atoms with Crippen LogP contribution in [0.3, 0.4) is 0 Å². The van der Waals surface area contributed by atoms with Crippen molar-refractivity contribution in [3.8, 4) is 22.7 Å². The zero-order valence-corrected chi connectivity index (χ0v) is 13.5. The van der Waals surface area contributed by atoms with Gasteiger partial charge in [-0.05, 0) is 30.3 Å². The highest BCUT2D eigenvalue weighted by Gasteiger charge is 2.24. The van der Waals surface area contributed by atoms with E-state index in [-0.39, 0.29) is 16.9 Å². The van der Waals surface area contributed by atoms with Gasteiger partial charge in [-0.1, -0.05) is 16.8 Å². The molecule has 6 nitrogen and oxygen atoms in total. The topological polar surface area (TPSA) is 77.2 Å². The number of nitrogens with zero attached hydrogens (tertiary/aromatic N) is 3. The first kappa shape index (κ1) is 16.8. The van der Waals surface area contributed by atoms with Gasteiger partial charge in [0.1, 0.15) is 28.8 Å². The van der Waals surface area contributed by atoms with Gasteiger partial charge in [-0.2, -0.15) is 0 Å². The van der Waals surface area contributed by atoms with Crippen LogP contribution in [-0.2, 0) is 0 Å². The molecule has 0 radical (unpaired) electrons. The molecule has 0 aliphatic heterocycles. The smallest absolute Gasteiger partial charge is 0.358 e. The molecule has 9 heteroatoms. The molecule has 0 fully saturated rings. The van der Waals surface area contributed by atoms with E-state index in [4.69, 9.17) is 16.3 Å². The molecule has 128 valence electrons. The highest BCUT2D eigenvalue weighted by atomic mass is 35.5. The predicted molar refractivity (Wildman–Crippen MR) is 85.2 cm³/mol. The molecule has 0 aliphatic rings. The third kappa shape index (κ3) is 3.16. The van der Waals surface area contributed by atoms with Crippen LogP contribution in [0.25, 0.3) is 16.9 Å². The minimum Gasteiger partial charge on any atom is -0.494 e. The molecule has 25 heavy (non-hydrogen) atoms. The molecule has 1 N–H and O–H groups in total. The number of carbonyl (C=O) groups is 1. The van der Waals surface area contributed by atoms with Crippen molar-refractivity contribution < 1.29 is 23.4 Å². The Hall–Kier alpha value is -3.00. The Morgan fingerprint density at radius 2 is 1.88 bits per heavy atom. The van der Waals surface area contributed by atoms with Crippen LogP contribution in [0, 0.1) is 11.6 Å². The van der Waals surface area contributed by atoms with Crippen LogP contribution < -0.4 is 4.74 Å². The average Bonchev–Trinajstić information content (AvgIpc) is 2.99. The Labute approximate surface area is 145 Å². The molecule has 3 rings (SSSR count). The fourth-order valence-electron chi connectivity index (χ4n) is 2.37. The van der Waals surface area contributed by atoms with Crippen molar-refractivity contribution in [2.45, 2.75) is 0 Å². The molecule has 0 atom stereocenters. The zero-order chi connectivity index (χ0) is 18.1. The molecule has 0 saturated carbocycles. The van der Waals surface area contributed by atoms with Gasteiger partial charge in [-0.25, -0.2) is 18.3 Å². The summed E-state index contributed by atoms with van der Waals surface area (Å²) in [6.45, 7) is 0. The van der Waals surface area contributed by atoms with E-state index in [2.05, 4.69) is 10.3 Å². The molecule has 0 amide bonds. The molecule has 3 aromatic rings. The third-order valence-electron chi connectivity index (χ3n) is 3.38. The zero-order valence-electron chi connectivity index (χ0n) is 12.7. The number of halogens is 3.